The highest BCUT2D eigenvalue weighted by Gasteiger charge is 2.19. The highest BCUT2D eigenvalue weighted by Crippen LogP contribution is 2.16. The van der Waals surface area contributed by atoms with Crippen molar-refractivity contribution in [3.8, 4) is 0 Å². The van der Waals surface area contributed by atoms with Crippen molar-refractivity contribution in [1.82, 2.24) is 9.10 Å². The van der Waals surface area contributed by atoms with E-state index in [1.165, 1.54) is 18.2 Å². The minimum atomic E-state index is -3.88. The van der Waals surface area contributed by atoms with Gasteiger partial charge in [-0.15, -0.1) is 0 Å². The number of aromatic nitrogens is 1. The molecular weight excluding hydrogens is 296 g/mol. The van der Waals surface area contributed by atoms with E-state index >= 15 is 0 Å². The lowest BCUT2D eigenvalue weighted by Crippen LogP contribution is -2.30. The molecule has 0 spiro atoms. The number of carbonyl (C=O) groups is 1. The average molecular weight is 303 g/mol. The van der Waals surface area contributed by atoms with Crippen LogP contribution in [0.25, 0.3) is 0 Å². The topological polar surface area (TPSA) is 76.1 Å². The first-order chi connectivity index (χ1) is 8.49. The summed E-state index contributed by atoms with van der Waals surface area (Å²) in [6, 6.07) is 8.91. The number of rotatable bonds is 3. The molecule has 18 heavy (non-hydrogen) atoms. The molecule has 0 atom stereocenters. The molecule has 0 unspecified atom stereocenters. The fraction of sp³-hybridized carbons (Fsp3) is 0. The third kappa shape index (κ3) is 2.87. The molecule has 0 aliphatic carbocycles. The minimum absolute atomic E-state index is 0.0136. The lowest BCUT2D eigenvalue weighted by Gasteiger charge is -2.04. The first kappa shape index (κ1) is 13.0. The molecule has 1 heterocycles. The zero-order valence-electron chi connectivity index (χ0n) is 8.83. The van der Waals surface area contributed by atoms with E-state index in [9.17, 15) is 13.2 Å². The monoisotopic (exact) mass is 302 g/mol. The quantitative estimate of drug-likeness (QED) is 0.939. The van der Waals surface area contributed by atoms with Crippen molar-refractivity contribution >= 4 is 39.1 Å². The van der Waals surface area contributed by atoms with E-state index in [4.69, 9.17) is 11.6 Å². The number of nitrogens with one attached hydrogen (secondary N) is 1. The lowest BCUT2D eigenvalue weighted by molar-refractivity contribution is 0.0977. The molecule has 1 aromatic heterocycles. The van der Waals surface area contributed by atoms with Gasteiger partial charge in [0.2, 0.25) is 0 Å². The molecule has 2 aromatic rings. The SMILES string of the molecule is O=C(NS(=O)(=O)c1ccccc1)c1cc(Cl)sn1. The first-order valence-electron chi connectivity index (χ1n) is 4.73. The van der Waals surface area contributed by atoms with E-state index in [2.05, 4.69) is 4.37 Å². The lowest BCUT2D eigenvalue weighted by atomic mass is 10.4. The maximum absolute atomic E-state index is 11.8. The van der Waals surface area contributed by atoms with Crippen LogP contribution in [0, 0.1) is 0 Å². The second-order valence-electron chi connectivity index (χ2n) is 3.26. The Morgan fingerprint density at radius 2 is 1.94 bits per heavy atom. The van der Waals surface area contributed by atoms with Gasteiger partial charge in [0.25, 0.3) is 15.9 Å². The Balaban J connectivity index is 2.22. The van der Waals surface area contributed by atoms with E-state index in [-0.39, 0.29) is 10.6 Å². The van der Waals surface area contributed by atoms with Crippen LogP contribution in [0.3, 0.4) is 0 Å². The summed E-state index contributed by atoms with van der Waals surface area (Å²) in [6.45, 7) is 0. The molecule has 1 aromatic carbocycles. The van der Waals surface area contributed by atoms with Gasteiger partial charge in [0, 0.05) is 6.07 Å². The number of sulfonamides is 1. The van der Waals surface area contributed by atoms with Crippen molar-refractivity contribution in [2.75, 3.05) is 0 Å². The van der Waals surface area contributed by atoms with Gasteiger partial charge in [0.05, 0.1) is 4.90 Å². The normalized spacial score (nSPS) is 11.2. The van der Waals surface area contributed by atoms with Crippen molar-refractivity contribution < 1.29 is 13.2 Å². The highest BCUT2D eigenvalue weighted by atomic mass is 35.5. The Kier molecular flexibility index (Phi) is 3.65. The molecule has 0 fully saturated rings. The van der Waals surface area contributed by atoms with E-state index in [1.807, 2.05) is 4.72 Å². The maximum atomic E-state index is 11.8. The Labute approximate surface area is 113 Å². The van der Waals surface area contributed by atoms with E-state index in [1.54, 1.807) is 18.2 Å². The standard InChI is InChI=1S/C10H7ClN2O3S2/c11-9-6-8(12-17-9)10(14)13-18(15,16)7-4-2-1-3-5-7/h1-6H,(H,13,14). The summed E-state index contributed by atoms with van der Waals surface area (Å²) in [6.07, 6.45) is 0. The molecule has 0 aliphatic heterocycles. The molecule has 1 amide bonds. The zero-order valence-corrected chi connectivity index (χ0v) is 11.2. The van der Waals surface area contributed by atoms with E-state index in [0.717, 1.165) is 11.5 Å². The summed E-state index contributed by atoms with van der Waals surface area (Å²) < 4.78 is 29.6. The van der Waals surface area contributed by atoms with Crippen LogP contribution in [-0.4, -0.2) is 18.7 Å². The molecule has 0 saturated carbocycles. The van der Waals surface area contributed by atoms with Gasteiger partial charge in [-0.3, -0.25) is 4.79 Å². The number of nitrogens with zero attached hydrogens (tertiary/aromatic N) is 1. The van der Waals surface area contributed by atoms with Crippen LogP contribution >= 0.6 is 23.1 Å². The minimum Gasteiger partial charge on any atom is -0.266 e. The van der Waals surface area contributed by atoms with Gasteiger partial charge in [-0.25, -0.2) is 13.1 Å². The summed E-state index contributed by atoms with van der Waals surface area (Å²) in [4.78, 5) is 11.7. The van der Waals surface area contributed by atoms with Gasteiger partial charge in [0.15, 0.2) is 0 Å². The fourth-order valence-corrected chi connectivity index (χ4v) is 2.87. The van der Waals surface area contributed by atoms with E-state index in [0.29, 0.717) is 4.34 Å². The Morgan fingerprint density at radius 1 is 1.28 bits per heavy atom. The van der Waals surface area contributed by atoms with Gasteiger partial charge >= 0.3 is 0 Å². The summed E-state index contributed by atoms with van der Waals surface area (Å²) in [5.41, 5.74) is -0.0236. The highest BCUT2D eigenvalue weighted by molar-refractivity contribution is 7.90. The van der Waals surface area contributed by atoms with Crippen molar-refractivity contribution in [3.05, 3.63) is 46.4 Å². The molecule has 0 aliphatic rings. The number of hydrogen-bond acceptors (Lipinski definition) is 5. The van der Waals surface area contributed by atoms with Crippen molar-refractivity contribution in [2.24, 2.45) is 0 Å². The van der Waals surface area contributed by atoms with Crippen LogP contribution in [0.15, 0.2) is 41.3 Å². The van der Waals surface area contributed by atoms with Gasteiger partial charge < -0.3 is 0 Å². The Hall–Kier alpha value is -1.44. The molecule has 0 saturated heterocycles. The number of benzene rings is 1. The van der Waals surface area contributed by atoms with Crippen LogP contribution in [0.4, 0.5) is 0 Å². The second-order valence-corrected chi connectivity index (χ2v) is 6.38. The van der Waals surface area contributed by atoms with Crippen LogP contribution in [0.1, 0.15) is 10.5 Å². The smallest absolute Gasteiger partial charge is 0.266 e. The van der Waals surface area contributed by atoms with E-state index < -0.39 is 15.9 Å². The van der Waals surface area contributed by atoms with Crippen molar-refractivity contribution in [2.45, 2.75) is 4.90 Å². The third-order valence-corrected chi connectivity index (χ3v) is 4.24. The van der Waals surface area contributed by atoms with Gasteiger partial charge in [-0.2, -0.15) is 4.37 Å². The number of amides is 1. The molecule has 5 nitrogen and oxygen atoms in total. The maximum Gasteiger partial charge on any atom is 0.284 e. The summed E-state index contributed by atoms with van der Waals surface area (Å²) >= 11 is 6.53. The molecule has 2 rings (SSSR count). The second kappa shape index (κ2) is 5.05. The number of carbonyl (C=O) groups excluding carboxylic acids is 1. The predicted octanol–water partition coefficient (Wildman–Crippen LogP) is 1.92. The fourth-order valence-electron chi connectivity index (χ4n) is 1.19. The molecule has 0 bridgehead atoms. The average Bonchev–Trinajstić information content (AvgIpc) is 2.77. The van der Waals surface area contributed by atoms with Crippen LogP contribution in [0.2, 0.25) is 4.34 Å². The number of halogens is 1. The molecule has 8 heteroatoms. The summed E-state index contributed by atoms with van der Waals surface area (Å²) in [5, 5.41) is 0. The van der Waals surface area contributed by atoms with Gasteiger partial charge in [0.1, 0.15) is 10.0 Å². The van der Waals surface area contributed by atoms with Crippen molar-refractivity contribution in [1.29, 1.82) is 0 Å². The molecule has 1 N–H and O–H groups in total. The molecule has 94 valence electrons. The van der Waals surface area contributed by atoms with Gasteiger partial charge in [-0.1, -0.05) is 29.8 Å². The van der Waals surface area contributed by atoms with Crippen molar-refractivity contribution in [3.63, 3.8) is 0 Å². The molecular formula is C10H7ClN2O3S2. The largest absolute Gasteiger partial charge is 0.284 e. The summed E-state index contributed by atoms with van der Waals surface area (Å²) in [5.74, 6) is -0.804. The zero-order chi connectivity index (χ0) is 13.2. The first-order valence-corrected chi connectivity index (χ1v) is 7.37. The third-order valence-electron chi connectivity index (χ3n) is 1.99. The number of hydrogen-bond donors (Lipinski definition) is 1. The summed E-state index contributed by atoms with van der Waals surface area (Å²) in [7, 11) is -3.88. The molecule has 0 radical (unpaired) electrons. The van der Waals surface area contributed by atoms with Crippen LogP contribution in [-0.2, 0) is 10.0 Å². The Morgan fingerprint density at radius 3 is 2.50 bits per heavy atom. The predicted molar refractivity (Wildman–Crippen MR) is 68.2 cm³/mol. The van der Waals surface area contributed by atoms with Gasteiger partial charge in [-0.05, 0) is 23.7 Å². The van der Waals surface area contributed by atoms with Crippen LogP contribution < -0.4 is 4.72 Å². The Bertz CT molecular complexity index is 667. The van der Waals surface area contributed by atoms with Crippen LogP contribution in [0.5, 0.6) is 0 Å².